The minimum Gasteiger partial charge on any atom is -0.480 e. The zero-order valence-corrected chi connectivity index (χ0v) is 13.2. The van der Waals surface area contributed by atoms with Crippen molar-refractivity contribution >= 4 is 5.91 Å². The van der Waals surface area contributed by atoms with Crippen LogP contribution in [0.2, 0.25) is 0 Å². The molecule has 6 nitrogen and oxygen atoms in total. The summed E-state index contributed by atoms with van der Waals surface area (Å²) in [5.74, 6) is 1.01. The molecular formula is C15H26N4O2. The molecule has 0 aromatic carbocycles. The second-order valence-electron chi connectivity index (χ2n) is 5.87. The number of rotatable bonds is 5. The van der Waals surface area contributed by atoms with Crippen LogP contribution in [0.1, 0.15) is 37.1 Å². The van der Waals surface area contributed by atoms with Crippen molar-refractivity contribution < 1.29 is 9.53 Å². The van der Waals surface area contributed by atoms with Gasteiger partial charge in [-0.25, -0.2) is 0 Å². The number of ether oxygens (including phenoxy) is 1. The molecule has 1 aliphatic carbocycles. The van der Waals surface area contributed by atoms with E-state index in [-0.39, 0.29) is 18.6 Å². The zero-order chi connectivity index (χ0) is 15.4. The summed E-state index contributed by atoms with van der Waals surface area (Å²) in [7, 11) is 1.86. The standard InChI is InChI=1S/C15H26N4O2/c1-10-15(11(2)19(3)18-10)21-9-14(20)17-13-7-5-4-6-12(13)8-16/h12-13H,4-9,16H2,1-3H3,(H,17,20). The lowest BCUT2D eigenvalue weighted by Crippen LogP contribution is -2.46. The van der Waals surface area contributed by atoms with Gasteiger partial charge in [0.25, 0.3) is 5.91 Å². The van der Waals surface area contributed by atoms with Crippen LogP contribution < -0.4 is 15.8 Å². The van der Waals surface area contributed by atoms with Gasteiger partial charge in [0, 0.05) is 13.1 Å². The smallest absolute Gasteiger partial charge is 0.258 e. The minimum atomic E-state index is -0.0806. The summed E-state index contributed by atoms with van der Waals surface area (Å²) in [6, 6.07) is 0.191. The fraction of sp³-hybridized carbons (Fsp3) is 0.733. The van der Waals surface area contributed by atoms with Crippen molar-refractivity contribution in [1.82, 2.24) is 15.1 Å². The van der Waals surface area contributed by atoms with Crippen LogP contribution in [0.4, 0.5) is 0 Å². The van der Waals surface area contributed by atoms with Gasteiger partial charge in [-0.05, 0) is 39.2 Å². The highest BCUT2D eigenvalue weighted by atomic mass is 16.5. The molecular weight excluding hydrogens is 268 g/mol. The molecule has 0 aliphatic heterocycles. The average molecular weight is 294 g/mol. The molecule has 118 valence electrons. The molecule has 2 unspecified atom stereocenters. The van der Waals surface area contributed by atoms with Crippen molar-refractivity contribution in [3.63, 3.8) is 0 Å². The van der Waals surface area contributed by atoms with Crippen LogP contribution in [0.3, 0.4) is 0 Å². The van der Waals surface area contributed by atoms with Crippen molar-refractivity contribution in [2.75, 3.05) is 13.2 Å². The number of hydrogen-bond acceptors (Lipinski definition) is 4. The summed E-state index contributed by atoms with van der Waals surface area (Å²) in [5.41, 5.74) is 7.52. The number of carbonyl (C=O) groups is 1. The number of aromatic nitrogens is 2. The summed E-state index contributed by atoms with van der Waals surface area (Å²) in [4.78, 5) is 12.1. The molecule has 2 atom stereocenters. The fourth-order valence-corrected chi connectivity index (χ4v) is 3.03. The topological polar surface area (TPSA) is 82.2 Å². The number of nitrogens with zero attached hydrogens (tertiary/aromatic N) is 2. The van der Waals surface area contributed by atoms with E-state index in [2.05, 4.69) is 10.4 Å². The first-order valence-corrected chi connectivity index (χ1v) is 7.65. The van der Waals surface area contributed by atoms with E-state index >= 15 is 0 Å². The van der Waals surface area contributed by atoms with Crippen LogP contribution in [0.25, 0.3) is 0 Å². The monoisotopic (exact) mass is 294 g/mol. The van der Waals surface area contributed by atoms with Crippen LogP contribution in [-0.4, -0.2) is 34.9 Å². The zero-order valence-electron chi connectivity index (χ0n) is 13.2. The second-order valence-corrected chi connectivity index (χ2v) is 5.87. The highest BCUT2D eigenvalue weighted by molar-refractivity contribution is 5.78. The van der Waals surface area contributed by atoms with Gasteiger partial charge in [-0.1, -0.05) is 12.8 Å². The number of aryl methyl sites for hydroxylation is 2. The predicted octanol–water partition coefficient (Wildman–Crippen LogP) is 1.05. The Morgan fingerprint density at radius 2 is 2.14 bits per heavy atom. The Hall–Kier alpha value is -1.56. The molecule has 1 saturated carbocycles. The molecule has 1 fully saturated rings. The molecule has 0 bridgehead atoms. The summed E-state index contributed by atoms with van der Waals surface area (Å²) in [6.45, 7) is 4.47. The maximum atomic E-state index is 12.1. The first kappa shape index (κ1) is 15.8. The maximum absolute atomic E-state index is 12.1. The van der Waals surface area contributed by atoms with Gasteiger partial charge in [0.15, 0.2) is 12.4 Å². The van der Waals surface area contributed by atoms with E-state index in [9.17, 15) is 4.79 Å². The highest BCUT2D eigenvalue weighted by Crippen LogP contribution is 2.24. The van der Waals surface area contributed by atoms with Crippen LogP contribution in [0.15, 0.2) is 0 Å². The minimum absolute atomic E-state index is 0.0289. The molecule has 6 heteroatoms. The van der Waals surface area contributed by atoms with Gasteiger partial charge in [0.2, 0.25) is 0 Å². The highest BCUT2D eigenvalue weighted by Gasteiger charge is 2.25. The van der Waals surface area contributed by atoms with E-state index in [0.29, 0.717) is 18.2 Å². The van der Waals surface area contributed by atoms with Crippen molar-refractivity contribution in [3.05, 3.63) is 11.4 Å². The fourth-order valence-electron chi connectivity index (χ4n) is 3.03. The van der Waals surface area contributed by atoms with Crippen molar-refractivity contribution in [3.8, 4) is 5.75 Å². The number of hydrogen-bond donors (Lipinski definition) is 2. The third-order valence-corrected chi connectivity index (χ3v) is 4.35. The Morgan fingerprint density at radius 3 is 2.76 bits per heavy atom. The van der Waals surface area contributed by atoms with Crippen molar-refractivity contribution in [2.24, 2.45) is 18.7 Å². The number of carbonyl (C=O) groups excluding carboxylic acids is 1. The SMILES string of the molecule is Cc1nn(C)c(C)c1OCC(=O)NC1CCCCC1CN. The lowest BCUT2D eigenvalue weighted by Gasteiger charge is -2.31. The van der Waals surface area contributed by atoms with Gasteiger partial charge in [0.1, 0.15) is 5.69 Å². The molecule has 3 N–H and O–H groups in total. The Morgan fingerprint density at radius 1 is 1.43 bits per heavy atom. The normalized spacial score (nSPS) is 22.1. The largest absolute Gasteiger partial charge is 0.480 e. The first-order chi connectivity index (χ1) is 10.0. The summed E-state index contributed by atoms with van der Waals surface area (Å²) in [5, 5.41) is 7.34. The quantitative estimate of drug-likeness (QED) is 0.850. The number of amides is 1. The van der Waals surface area contributed by atoms with Gasteiger partial charge in [-0.3, -0.25) is 9.48 Å². The van der Waals surface area contributed by atoms with Crippen LogP contribution >= 0.6 is 0 Å². The van der Waals surface area contributed by atoms with E-state index in [1.54, 1.807) is 4.68 Å². The summed E-state index contributed by atoms with van der Waals surface area (Å²) < 4.78 is 7.39. The Labute approximate surface area is 126 Å². The molecule has 0 saturated heterocycles. The molecule has 1 aromatic heterocycles. The summed E-state index contributed by atoms with van der Waals surface area (Å²) >= 11 is 0. The molecule has 2 rings (SSSR count). The van der Waals surface area contributed by atoms with E-state index in [0.717, 1.165) is 30.7 Å². The molecule has 0 radical (unpaired) electrons. The molecule has 1 heterocycles. The van der Waals surface area contributed by atoms with Gasteiger partial charge in [-0.15, -0.1) is 0 Å². The van der Waals surface area contributed by atoms with Crippen LogP contribution in [-0.2, 0) is 11.8 Å². The van der Waals surface area contributed by atoms with Crippen LogP contribution in [0, 0.1) is 19.8 Å². The van der Waals surface area contributed by atoms with Crippen molar-refractivity contribution in [2.45, 2.75) is 45.6 Å². The Balaban J connectivity index is 1.87. The maximum Gasteiger partial charge on any atom is 0.258 e. The van der Waals surface area contributed by atoms with Gasteiger partial charge >= 0.3 is 0 Å². The van der Waals surface area contributed by atoms with Crippen LogP contribution in [0.5, 0.6) is 5.75 Å². The van der Waals surface area contributed by atoms with Gasteiger partial charge in [0.05, 0.1) is 5.69 Å². The third-order valence-electron chi connectivity index (χ3n) is 4.35. The third kappa shape index (κ3) is 3.75. The van der Waals surface area contributed by atoms with E-state index in [1.165, 1.54) is 6.42 Å². The molecule has 1 aliphatic rings. The molecule has 0 spiro atoms. The first-order valence-electron chi connectivity index (χ1n) is 7.65. The molecule has 21 heavy (non-hydrogen) atoms. The summed E-state index contributed by atoms with van der Waals surface area (Å²) in [6.07, 6.45) is 4.48. The lowest BCUT2D eigenvalue weighted by molar-refractivity contribution is -0.124. The van der Waals surface area contributed by atoms with Gasteiger partial charge in [-0.2, -0.15) is 5.10 Å². The molecule has 1 amide bonds. The van der Waals surface area contributed by atoms with E-state index in [1.807, 2.05) is 20.9 Å². The van der Waals surface area contributed by atoms with E-state index < -0.39 is 0 Å². The number of nitrogens with two attached hydrogens (primary N) is 1. The van der Waals surface area contributed by atoms with Gasteiger partial charge < -0.3 is 15.8 Å². The second kappa shape index (κ2) is 6.93. The molecule has 1 aromatic rings. The Bertz CT molecular complexity index is 498. The number of nitrogens with one attached hydrogen (secondary N) is 1. The lowest BCUT2D eigenvalue weighted by atomic mass is 9.84. The Kier molecular flexibility index (Phi) is 5.22. The van der Waals surface area contributed by atoms with E-state index in [4.69, 9.17) is 10.5 Å². The average Bonchev–Trinajstić information content (AvgIpc) is 2.71. The van der Waals surface area contributed by atoms with Crippen molar-refractivity contribution in [1.29, 1.82) is 0 Å². The predicted molar refractivity (Wildman–Crippen MR) is 81.1 cm³/mol.